The van der Waals surface area contributed by atoms with Gasteiger partial charge in [0.15, 0.2) is 0 Å². The predicted octanol–water partition coefficient (Wildman–Crippen LogP) is 3.93. The van der Waals surface area contributed by atoms with Gasteiger partial charge in [0, 0.05) is 4.88 Å². The monoisotopic (exact) mass is 330 g/mol. The zero-order valence-corrected chi connectivity index (χ0v) is 11.4. The van der Waals surface area contributed by atoms with Crippen LogP contribution in [-0.4, -0.2) is 11.1 Å². The number of carboxylic acid groups (broad SMARTS) is 1. The molecule has 0 saturated carbocycles. The molecule has 0 amide bonds. The van der Waals surface area contributed by atoms with Gasteiger partial charge in [0.1, 0.15) is 23.1 Å². The highest BCUT2D eigenvalue weighted by atomic mass is 79.9. The average molecular weight is 331 g/mol. The highest BCUT2D eigenvalue weighted by Gasteiger charge is 2.08. The van der Waals surface area contributed by atoms with E-state index in [0.717, 1.165) is 16.2 Å². The van der Waals surface area contributed by atoms with Gasteiger partial charge in [-0.05, 0) is 46.3 Å². The van der Waals surface area contributed by atoms with Crippen LogP contribution in [0.1, 0.15) is 14.5 Å². The van der Waals surface area contributed by atoms with Gasteiger partial charge in [-0.2, -0.15) is 0 Å². The number of carboxylic acids is 1. The lowest BCUT2D eigenvalue weighted by molar-refractivity contribution is 0.0702. The highest BCUT2D eigenvalue weighted by Crippen LogP contribution is 2.27. The van der Waals surface area contributed by atoms with Crippen LogP contribution in [0.4, 0.5) is 4.39 Å². The summed E-state index contributed by atoms with van der Waals surface area (Å²) in [6.45, 7) is 0.252. The normalized spacial score (nSPS) is 10.3. The maximum absolute atomic E-state index is 12.9. The zero-order chi connectivity index (χ0) is 13.1. The Balaban J connectivity index is 2.04. The minimum Gasteiger partial charge on any atom is -0.487 e. The highest BCUT2D eigenvalue weighted by molar-refractivity contribution is 9.10. The van der Waals surface area contributed by atoms with Crippen molar-refractivity contribution in [3.63, 3.8) is 0 Å². The van der Waals surface area contributed by atoms with Gasteiger partial charge in [-0.3, -0.25) is 0 Å². The molecule has 1 N–H and O–H groups in total. The summed E-state index contributed by atoms with van der Waals surface area (Å²) in [6, 6.07) is 7.37. The lowest BCUT2D eigenvalue weighted by atomic mass is 10.3. The second kappa shape index (κ2) is 5.49. The van der Waals surface area contributed by atoms with Crippen LogP contribution in [0.25, 0.3) is 0 Å². The van der Waals surface area contributed by atoms with Crippen molar-refractivity contribution >= 4 is 33.2 Å². The molecule has 3 nitrogen and oxygen atoms in total. The summed E-state index contributed by atoms with van der Waals surface area (Å²) in [5, 5.41) is 8.78. The fourth-order valence-electron chi connectivity index (χ4n) is 1.31. The van der Waals surface area contributed by atoms with Crippen molar-refractivity contribution in [2.75, 3.05) is 0 Å². The Kier molecular flexibility index (Phi) is 3.98. The third kappa shape index (κ3) is 3.08. The Morgan fingerprint density at radius 2 is 2.17 bits per heavy atom. The van der Waals surface area contributed by atoms with Gasteiger partial charge in [0.05, 0.1) is 4.47 Å². The van der Waals surface area contributed by atoms with Gasteiger partial charge >= 0.3 is 5.97 Å². The molecule has 2 aromatic rings. The van der Waals surface area contributed by atoms with Crippen LogP contribution in [0.2, 0.25) is 0 Å². The quantitative estimate of drug-likeness (QED) is 0.923. The molecule has 0 aliphatic heterocycles. The minimum atomic E-state index is -0.950. The molecule has 0 aliphatic rings. The van der Waals surface area contributed by atoms with Crippen LogP contribution in [-0.2, 0) is 6.61 Å². The molecular formula is C12H8BrFO3S. The molecule has 0 bridgehead atoms. The second-order valence-corrected chi connectivity index (χ2v) is 5.46. The van der Waals surface area contributed by atoms with Gasteiger partial charge in [0.25, 0.3) is 0 Å². The molecule has 2 rings (SSSR count). The third-order valence-electron chi connectivity index (χ3n) is 2.14. The largest absolute Gasteiger partial charge is 0.487 e. The van der Waals surface area contributed by atoms with Gasteiger partial charge in [-0.1, -0.05) is 0 Å². The first-order valence-electron chi connectivity index (χ1n) is 4.96. The molecule has 0 saturated heterocycles. The number of hydrogen-bond donors (Lipinski definition) is 1. The first kappa shape index (κ1) is 13.0. The summed E-state index contributed by atoms with van der Waals surface area (Å²) in [7, 11) is 0. The minimum absolute atomic E-state index is 0.252. The number of carbonyl (C=O) groups is 1. The smallest absolute Gasteiger partial charge is 0.345 e. The first-order chi connectivity index (χ1) is 8.56. The number of rotatable bonds is 4. The van der Waals surface area contributed by atoms with E-state index in [0.29, 0.717) is 10.2 Å². The van der Waals surface area contributed by atoms with Crippen molar-refractivity contribution in [1.82, 2.24) is 0 Å². The lowest BCUT2D eigenvalue weighted by Gasteiger charge is -2.06. The van der Waals surface area contributed by atoms with Gasteiger partial charge < -0.3 is 9.84 Å². The number of thiophene rings is 1. The summed E-state index contributed by atoms with van der Waals surface area (Å²) in [5.74, 6) is -0.783. The van der Waals surface area contributed by atoms with E-state index in [2.05, 4.69) is 15.9 Å². The van der Waals surface area contributed by atoms with E-state index >= 15 is 0 Å². The summed E-state index contributed by atoms with van der Waals surface area (Å²) in [4.78, 5) is 11.8. The van der Waals surface area contributed by atoms with Crippen LogP contribution in [0.3, 0.4) is 0 Å². The molecule has 0 unspecified atom stereocenters. The molecule has 18 heavy (non-hydrogen) atoms. The average Bonchev–Trinajstić information content (AvgIpc) is 2.76. The fourth-order valence-corrected chi connectivity index (χ4v) is 2.54. The Morgan fingerprint density at radius 3 is 2.78 bits per heavy atom. The van der Waals surface area contributed by atoms with E-state index in [1.165, 1.54) is 24.3 Å². The van der Waals surface area contributed by atoms with Crippen molar-refractivity contribution in [1.29, 1.82) is 0 Å². The first-order valence-corrected chi connectivity index (χ1v) is 6.57. The molecule has 0 fully saturated rings. The van der Waals surface area contributed by atoms with Gasteiger partial charge in [-0.25, -0.2) is 9.18 Å². The molecule has 0 atom stereocenters. The van der Waals surface area contributed by atoms with E-state index in [9.17, 15) is 9.18 Å². The number of benzene rings is 1. The zero-order valence-electron chi connectivity index (χ0n) is 9.02. The molecule has 1 heterocycles. The Hall–Kier alpha value is -1.40. The maximum atomic E-state index is 12.9. The van der Waals surface area contributed by atoms with Crippen LogP contribution in [0.5, 0.6) is 5.75 Å². The molecule has 94 valence electrons. The Labute approximate surface area is 115 Å². The molecule has 0 radical (unpaired) electrons. The van der Waals surface area contributed by atoms with E-state index < -0.39 is 5.97 Å². The van der Waals surface area contributed by atoms with Crippen molar-refractivity contribution in [3.05, 3.63) is 50.4 Å². The Bertz CT molecular complexity index is 582. The number of halogens is 2. The molecule has 1 aromatic heterocycles. The van der Waals surface area contributed by atoms with E-state index in [1.54, 1.807) is 6.07 Å². The number of hydrogen-bond acceptors (Lipinski definition) is 3. The van der Waals surface area contributed by atoms with E-state index in [1.807, 2.05) is 0 Å². The summed E-state index contributed by atoms with van der Waals surface area (Å²) in [5.41, 5.74) is 0. The summed E-state index contributed by atoms with van der Waals surface area (Å²) in [6.07, 6.45) is 0. The standard InChI is InChI=1S/C12H8BrFO3S/c13-9-5-7(14)1-3-10(9)17-6-8-2-4-11(18-8)12(15)16/h1-5H,6H2,(H,15,16). The van der Waals surface area contributed by atoms with Crippen LogP contribution >= 0.6 is 27.3 Å². The van der Waals surface area contributed by atoms with Crippen molar-refractivity contribution in [2.24, 2.45) is 0 Å². The Morgan fingerprint density at radius 1 is 1.39 bits per heavy atom. The molecule has 0 spiro atoms. The summed E-state index contributed by atoms with van der Waals surface area (Å²) < 4.78 is 18.9. The number of ether oxygens (including phenoxy) is 1. The predicted molar refractivity (Wildman–Crippen MR) is 69.7 cm³/mol. The van der Waals surface area contributed by atoms with Crippen LogP contribution in [0.15, 0.2) is 34.8 Å². The van der Waals surface area contributed by atoms with Gasteiger partial charge in [-0.15, -0.1) is 11.3 Å². The second-order valence-electron chi connectivity index (χ2n) is 3.43. The molecule has 6 heteroatoms. The maximum Gasteiger partial charge on any atom is 0.345 e. The van der Waals surface area contributed by atoms with Crippen molar-refractivity contribution < 1.29 is 19.0 Å². The SMILES string of the molecule is O=C(O)c1ccc(COc2ccc(F)cc2Br)s1. The van der Waals surface area contributed by atoms with Crippen LogP contribution < -0.4 is 4.74 Å². The number of aromatic carboxylic acids is 1. The molecule has 0 aliphatic carbocycles. The third-order valence-corrected chi connectivity index (χ3v) is 3.80. The lowest BCUT2D eigenvalue weighted by Crippen LogP contribution is -1.94. The molecular weight excluding hydrogens is 323 g/mol. The van der Waals surface area contributed by atoms with E-state index in [4.69, 9.17) is 9.84 Å². The topological polar surface area (TPSA) is 46.5 Å². The van der Waals surface area contributed by atoms with E-state index in [-0.39, 0.29) is 17.3 Å². The molecule has 1 aromatic carbocycles. The van der Waals surface area contributed by atoms with Crippen molar-refractivity contribution in [3.8, 4) is 5.75 Å². The summed E-state index contributed by atoms with van der Waals surface area (Å²) >= 11 is 4.35. The van der Waals surface area contributed by atoms with Crippen LogP contribution in [0, 0.1) is 5.82 Å². The fraction of sp³-hybridized carbons (Fsp3) is 0.0833. The van der Waals surface area contributed by atoms with Gasteiger partial charge in [0.2, 0.25) is 0 Å². The van der Waals surface area contributed by atoms with Crippen molar-refractivity contribution in [2.45, 2.75) is 6.61 Å².